The van der Waals surface area contributed by atoms with Crippen molar-refractivity contribution >= 4 is 0 Å². The number of benzene rings is 1. The molecule has 0 atom stereocenters. The molecule has 98 valence electrons. The van der Waals surface area contributed by atoms with Crippen LogP contribution in [0.4, 0.5) is 0 Å². The van der Waals surface area contributed by atoms with Crippen LogP contribution in [0.25, 0.3) is 0 Å². The third-order valence-electron chi connectivity index (χ3n) is 3.35. The lowest BCUT2D eigenvalue weighted by molar-refractivity contribution is 0.453. The highest BCUT2D eigenvalue weighted by atomic mass is 16.5. The lowest BCUT2D eigenvalue weighted by Crippen LogP contribution is -2.07. The van der Waals surface area contributed by atoms with E-state index in [4.69, 9.17) is 4.74 Å². The highest BCUT2D eigenvalue weighted by molar-refractivity contribution is 5.39. The lowest BCUT2D eigenvalue weighted by atomic mass is 10.1. The summed E-state index contributed by atoms with van der Waals surface area (Å²) < 4.78 is 5.74. The highest BCUT2D eigenvalue weighted by Gasteiger charge is 2.11. The molecular formula is C15H17N3O. The summed E-state index contributed by atoms with van der Waals surface area (Å²) in [6.07, 6.45) is 3.59. The van der Waals surface area contributed by atoms with E-state index in [0.717, 1.165) is 17.9 Å². The van der Waals surface area contributed by atoms with E-state index in [-0.39, 0.29) is 0 Å². The summed E-state index contributed by atoms with van der Waals surface area (Å²) in [5.41, 5.74) is 3.75. The maximum absolute atomic E-state index is 5.74. The summed E-state index contributed by atoms with van der Waals surface area (Å²) in [6.45, 7) is 0.714. The predicted octanol–water partition coefficient (Wildman–Crippen LogP) is 2.48. The Labute approximate surface area is 112 Å². The van der Waals surface area contributed by atoms with Gasteiger partial charge in [-0.05, 0) is 55.6 Å². The van der Waals surface area contributed by atoms with Crippen LogP contribution in [-0.2, 0) is 19.4 Å². The van der Waals surface area contributed by atoms with Gasteiger partial charge < -0.3 is 10.1 Å². The molecule has 4 nitrogen and oxygen atoms in total. The fraction of sp³-hybridized carbons (Fsp3) is 0.333. The van der Waals surface area contributed by atoms with Crippen LogP contribution in [0.3, 0.4) is 0 Å². The van der Waals surface area contributed by atoms with Crippen LogP contribution >= 0.6 is 0 Å². The molecule has 0 saturated carbocycles. The standard InChI is InChI=1S/C15H17N3O/c1-16-10-13-6-8-15(18-17-13)19-14-7-5-11-3-2-4-12(11)9-14/h5-9,16H,2-4,10H2,1H3. The number of fused-ring (bicyclic) bond motifs is 1. The Hall–Kier alpha value is -1.94. The van der Waals surface area contributed by atoms with E-state index in [1.807, 2.05) is 25.2 Å². The van der Waals surface area contributed by atoms with Crippen molar-refractivity contribution in [3.8, 4) is 11.6 Å². The number of hydrogen-bond donors (Lipinski definition) is 1. The molecule has 3 rings (SSSR count). The molecule has 0 aliphatic heterocycles. The minimum absolute atomic E-state index is 0.540. The van der Waals surface area contributed by atoms with E-state index in [9.17, 15) is 0 Å². The zero-order valence-corrected chi connectivity index (χ0v) is 11.0. The van der Waals surface area contributed by atoms with Crippen LogP contribution in [0, 0.1) is 0 Å². The molecule has 4 heteroatoms. The third-order valence-corrected chi connectivity index (χ3v) is 3.35. The first-order chi connectivity index (χ1) is 9.35. The van der Waals surface area contributed by atoms with Crippen LogP contribution in [-0.4, -0.2) is 17.2 Å². The van der Waals surface area contributed by atoms with Crippen LogP contribution in [0.15, 0.2) is 30.3 Å². The fourth-order valence-electron chi connectivity index (χ4n) is 2.41. The highest BCUT2D eigenvalue weighted by Crippen LogP contribution is 2.28. The molecular weight excluding hydrogens is 238 g/mol. The second kappa shape index (κ2) is 5.36. The molecule has 1 aromatic heterocycles. The molecule has 1 aliphatic carbocycles. The summed E-state index contributed by atoms with van der Waals surface area (Å²) in [5.74, 6) is 1.38. The summed E-state index contributed by atoms with van der Waals surface area (Å²) in [4.78, 5) is 0. The van der Waals surface area contributed by atoms with E-state index in [0.29, 0.717) is 12.4 Å². The Morgan fingerprint density at radius 1 is 1.11 bits per heavy atom. The first-order valence-electron chi connectivity index (χ1n) is 6.62. The number of aromatic nitrogens is 2. The molecule has 0 spiro atoms. The molecule has 1 heterocycles. The second-order valence-electron chi connectivity index (χ2n) is 4.78. The van der Waals surface area contributed by atoms with Gasteiger partial charge in [-0.3, -0.25) is 0 Å². The summed E-state index contributed by atoms with van der Waals surface area (Å²) in [5, 5.41) is 11.2. The monoisotopic (exact) mass is 255 g/mol. The maximum Gasteiger partial charge on any atom is 0.238 e. The second-order valence-corrected chi connectivity index (χ2v) is 4.78. The summed E-state index contributed by atoms with van der Waals surface area (Å²) in [7, 11) is 1.89. The van der Waals surface area contributed by atoms with Crippen molar-refractivity contribution in [3.05, 3.63) is 47.2 Å². The Bertz CT molecular complexity index is 566. The van der Waals surface area contributed by atoms with Gasteiger partial charge >= 0.3 is 0 Å². The van der Waals surface area contributed by atoms with Gasteiger partial charge in [0.2, 0.25) is 5.88 Å². The quantitative estimate of drug-likeness (QED) is 0.911. The number of ether oxygens (including phenoxy) is 1. The Balaban J connectivity index is 1.74. The van der Waals surface area contributed by atoms with Crippen LogP contribution in [0.1, 0.15) is 23.2 Å². The smallest absolute Gasteiger partial charge is 0.238 e. The number of nitrogens with one attached hydrogen (secondary N) is 1. The first kappa shape index (κ1) is 12.1. The average molecular weight is 255 g/mol. The SMILES string of the molecule is CNCc1ccc(Oc2ccc3c(c2)CCC3)nn1. The van der Waals surface area contributed by atoms with E-state index in [2.05, 4.69) is 27.6 Å². The predicted molar refractivity (Wildman–Crippen MR) is 73.3 cm³/mol. The molecule has 0 saturated heterocycles. The molecule has 0 radical (unpaired) electrons. The molecule has 1 aromatic carbocycles. The molecule has 0 unspecified atom stereocenters. The lowest BCUT2D eigenvalue weighted by Gasteiger charge is -2.07. The first-order valence-corrected chi connectivity index (χ1v) is 6.62. The van der Waals surface area contributed by atoms with Gasteiger partial charge in [0.15, 0.2) is 0 Å². The molecule has 0 fully saturated rings. The van der Waals surface area contributed by atoms with Crippen LogP contribution in [0.5, 0.6) is 11.6 Å². The summed E-state index contributed by atoms with van der Waals surface area (Å²) >= 11 is 0. The number of nitrogens with zero attached hydrogens (tertiary/aromatic N) is 2. The normalized spacial score (nSPS) is 13.3. The Morgan fingerprint density at radius 3 is 2.79 bits per heavy atom. The average Bonchev–Trinajstić information content (AvgIpc) is 2.89. The van der Waals surface area contributed by atoms with Gasteiger partial charge in [0, 0.05) is 12.6 Å². The van der Waals surface area contributed by atoms with E-state index < -0.39 is 0 Å². The van der Waals surface area contributed by atoms with Crippen molar-refractivity contribution in [2.75, 3.05) is 7.05 Å². The van der Waals surface area contributed by atoms with Gasteiger partial charge in [0.05, 0.1) is 5.69 Å². The molecule has 0 amide bonds. The molecule has 1 aliphatic rings. The van der Waals surface area contributed by atoms with Crippen LogP contribution < -0.4 is 10.1 Å². The maximum atomic E-state index is 5.74. The van der Waals surface area contributed by atoms with E-state index in [1.54, 1.807) is 0 Å². The van der Waals surface area contributed by atoms with Crippen molar-refractivity contribution in [2.45, 2.75) is 25.8 Å². The molecule has 19 heavy (non-hydrogen) atoms. The Kier molecular flexibility index (Phi) is 3.42. The van der Waals surface area contributed by atoms with Crippen molar-refractivity contribution in [2.24, 2.45) is 0 Å². The number of hydrogen-bond acceptors (Lipinski definition) is 4. The molecule has 1 N–H and O–H groups in total. The van der Waals surface area contributed by atoms with Gasteiger partial charge in [0.1, 0.15) is 5.75 Å². The minimum Gasteiger partial charge on any atom is -0.438 e. The van der Waals surface area contributed by atoms with Gasteiger partial charge in [-0.25, -0.2) is 0 Å². The fourth-order valence-corrected chi connectivity index (χ4v) is 2.41. The number of aryl methyl sites for hydroxylation is 2. The van der Waals surface area contributed by atoms with Crippen molar-refractivity contribution in [1.82, 2.24) is 15.5 Å². The van der Waals surface area contributed by atoms with Crippen molar-refractivity contribution in [3.63, 3.8) is 0 Å². The van der Waals surface area contributed by atoms with E-state index in [1.165, 1.54) is 24.0 Å². The zero-order chi connectivity index (χ0) is 13.1. The topological polar surface area (TPSA) is 47.0 Å². The van der Waals surface area contributed by atoms with Gasteiger partial charge in [-0.15, -0.1) is 5.10 Å². The largest absolute Gasteiger partial charge is 0.438 e. The van der Waals surface area contributed by atoms with Gasteiger partial charge in [-0.1, -0.05) is 6.07 Å². The van der Waals surface area contributed by atoms with Crippen molar-refractivity contribution < 1.29 is 4.74 Å². The van der Waals surface area contributed by atoms with Crippen molar-refractivity contribution in [1.29, 1.82) is 0 Å². The van der Waals surface area contributed by atoms with Crippen LogP contribution in [0.2, 0.25) is 0 Å². The number of rotatable bonds is 4. The zero-order valence-electron chi connectivity index (χ0n) is 11.0. The van der Waals surface area contributed by atoms with Gasteiger partial charge in [-0.2, -0.15) is 5.10 Å². The minimum atomic E-state index is 0.540. The third kappa shape index (κ3) is 2.74. The van der Waals surface area contributed by atoms with E-state index >= 15 is 0 Å². The Morgan fingerprint density at radius 2 is 2.00 bits per heavy atom. The molecule has 2 aromatic rings. The van der Waals surface area contributed by atoms with Gasteiger partial charge in [0.25, 0.3) is 0 Å². The summed E-state index contributed by atoms with van der Waals surface area (Å²) in [6, 6.07) is 10.1. The molecule has 0 bridgehead atoms.